The van der Waals surface area contributed by atoms with Crippen molar-refractivity contribution in [2.45, 2.75) is 17.2 Å². The summed E-state index contributed by atoms with van der Waals surface area (Å²) in [5.74, 6) is 1.10. The summed E-state index contributed by atoms with van der Waals surface area (Å²) in [6.45, 7) is 0. The molecule has 2 atom stereocenters. The zero-order valence-electron chi connectivity index (χ0n) is 8.73. The van der Waals surface area contributed by atoms with Crippen molar-refractivity contribution >= 4 is 11.6 Å². The minimum Gasteiger partial charge on any atom is -0.122 e. The maximum absolute atomic E-state index is 6.41. The average Bonchev–Trinajstić information content (AvgIpc) is 3.02. The molecule has 0 heterocycles. The fourth-order valence-corrected chi connectivity index (χ4v) is 3.57. The van der Waals surface area contributed by atoms with Gasteiger partial charge in [-0.15, -0.1) is 11.6 Å². The van der Waals surface area contributed by atoms with Gasteiger partial charge in [0.05, 0.1) is 0 Å². The van der Waals surface area contributed by atoms with E-state index in [0.717, 1.165) is 0 Å². The van der Waals surface area contributed by atoms with Gasteiger partial charge in [0.2, 0.25) is 0 Å². The Labute approximate surface area is 99.9 Å². The quantitative estimate of drug-likeness (QED) is 0.592. The van der Waals surface area contributed by atoms with Gasteiger partial charge in [-0.05, 0) is 22.3 Å². The van der Waals surface area contributed by atoms with Gasteiger partial charge in [-0.1, -0.05) is 48.5 Å². The molecule has 4 rings (SSSR count). The number of benzene rings is 2. The second-order valence-electron chi connectivity index (χ2n) is 4.67. The zero-order chi connectivity index (χ0) is 10.7. The largest absolute Gasteiger partial charge is 0.122 e. The molecule has 0 aliphatic heterocycles. The van der Waals surface area contributed by atoms with Gasteiger partial charge in [0.25, 0.3) is 0 Å². The SMILES string of the molecule is ClC1C2c3ccccc3-c3ccccc3C12. The number of hydrogen-bond acceptors (Lipinski definition) is 0. The maximum Gasteiger partial charge on any atom is 0.0486 e. The molecule has 0 spiro atoms. The van der Waals surface area contributed by atoms with Crippen LogP contribution in [0.3, 0.4) is 0 Å². The second kappa shape index (κ2) is 2.89. The Morgan fingerprint density at radius 2 is 1.12 bits per heavy atom. The van der Waals surface area contributed by atoms with Crippen molar-refractivity contribution in [3.63, 3.8) is 0 Å². The van der Waals surface area contributed by atoms with Crippen LogP contribution in [0.15, 0.2) is 48.5 Å². The minimum absolute atomic E-state index is 0.296. The summed E-state index contributed by atoms with van der Waals surface area (Å²) in [7, 11) is 0. The lowest BCUT2D eigenvalue weighted by Crippen LogP contribution is -1.98. The van der Waals surface area contributed by atoms with Crippen molar-refractivity contribution in [1.82, 2.24) is 0 Å². The number of hydrogen-bond donors (Lipinski definition) is 0. The average molecular weight is 227 g/mol. The first kappa shape index (κ1) is 8.83. The van der Waals surface area contributed by atoms with Crippen LogP contribution < -0.4 is 0 Å². The van der Waals surface area contributed by atoms with Crippen LogP contribution in [-0.4, -0.2) is 5.38 Å². The lowest BCUT2D eigenvalue weighted by molar-refractivity contribution is 1.01. The van der Waals surface area contributed by atoms with Gasteiger partial charge in [0.15, 0.2) is 0 Å². The van der Waals surface area contributed by atoms with Crippen LogP contribution in [0.5, 0.6) is 0 Å². The summed E-state index contributed by atoms with van der Waals surface area (Å²) in [6.07, 6.45) is 0. The molecule has 2 aromatic rings. The van der Waals surface area contributed by atoms with E-state index >= 15 is 0 Å². The maximum atomic E-state index is 6.41. The van der Waals surface area contributed by atoms with E-state index < -0.39 is 0 Å². The minimum atomic E-state index is 0.296. The van der Waals surface area contributed by atoms with Gasteiger partial charge in [-0.2, -0.15) is 0 Å². The van der Waals surface area contributed by atoms with Crippen LogP contribution in [0.1, 0.15) is 23.0 Å². The van der Waals surface area contributed by atoms with E-state index in [1.165, 1.54) is 22.3 Å². The molecule has 0 aromatic heterocycles. The van der Waals surface area contributed by atoms with Crippen LogP contribution in [0.2, 0.25) is 0 Å². The Balaban J connectivity index is 2.07. The monoisotopic (exact) mass is 226 g/mol. The van der Waals surface area contributed by atoms with Crippen molar-refractivity contribution in [2.24, 2.45) is 0 Å². The molecule has 0 amide bonds. The molecule has 2 aliphatic carbocycles. The van der Waals surface area contributed by atoms with Crippen LogP contribution in [0.4, 0.5) is 0 Å². The topological polar surface area (TPSA) is 0 Å². The van der Waals surface area contributed by atoms with Gasteiger partial charge in [0, 0.05) is 17.2 Å². The van der Waals surface area contributed by atoms with Crippen molar-refractivity contribution in [2.75, 3.05) is 0 Å². The molecule has 1 fully saturated rings. The molecule has 1 heteroatoms. The van der Waals surface area contributed by atoms with E-state index in [1.54, 1.807) is 0 Å². The standard InChI is InChI=1S/C15H11Cl/c16-15-13-11-7-3-1-5-9(11)10-6-2-4-8-12(10)14(13)15/h1-8,13-15H. The molecular formula is C15H11Cl. The van der Waals surface area contributed by atoms with Crippen molar-refractivity contribution in [3.8, 4) is 11.1 Å². The molecule has 0 nitrogen and oxygen atoms in total. The lowest BCUT2D eigenvalue weighted by atomic mass is 9.86. The summed E-state index contributed by atoms with van der Waals surface area (Å²) >= 11 is 6.41. The van der Waals surface area contributed by atoms with Gasteiger partial charge in [0.1, 0.15) is 0 Å². The normalized spacial score (nSPS) is 28.9. The van der Waals surface area contributed by atoms with E-state index in [4.69, 9.17) is 11.6 Å². The molecule has 0 N–H and O–H groups in total. The molecule has 78 valence electrons. The van der Waals surface area contributed by atoms with Gasteiger partial charge in [-0.25, -0.2) is 0 Å². The predicted octanol–water partition coefficient (Wildman–Crippen LogP) is 4.16. The third kappa shape index (κ3) is 0.959. The van der Waals surface area contributed by atoms with Crippen molar-refractivity contribution < 1.29 is 0 Å². The Morgan fingerprint density at radius 1 is 0.688 bits per heavy atom. The Morgan fingerprint density at radius 3 is 1.62 bits per heavy atom. The first-order chi connectivity index (χ1) is 7.88. The molecule has 0 radical (unpaired) electrons. The van der Waals surface area contributed by atoms with E-state index in [2.05, 4.69) is 48.5 Å². The molecular weight excluding hydrogens is 216 g/mol. The van der Waals surface area contributed by atoms with E-state index in [1.807, 2.05) is 0 Å². The highest BCUT2D eigenvalue weighted by Crippen LogP contribution is 2.64. The lowest BCUT2D eigenvalue weighted by Gasteiger charge is -2.18. The van der Waals surface area contributed by atoms with Crippen LogP contribution in [-0.2, 0) is 0 Å². The summed E-state index contributed by atoms with van der Waals surface area (Å²) in [5, 5.41) is 0.296. The van der Waals surface area contributed by atoms with E-state index in [0.29, 0.717) is 17.2 Å². The Hall–Kier alpha value is -1.27. The van der Waals surface area contributed by atoms with Crippen LogP contribution in [0, 0.1) is 0 Å². The smallest absolute Gasteiger partial charge is 0.0486 e. The molecule has 0 saturated heterocycles. The van der Waals surface area contributed by atoms with Gasteiger partial charge in [-0.3, -0.25) is 0 Å². The van der Waals surface area contributed by atoms with Crippen LogP contribution in [0.25, 0.3) is 11.1 Å². The summed E-state index contributed by atoms with van der Waals surface area (Å²) in [5.41, 5.74) is 5.63. The first-order valence-electron chi connectivity index (χ1n) is 5.70. The highest BCUT2D eigenvalue weighted by atomic mass is 35.5. The Kier molecular flexibility index (Phi) is 1.60. The summed E-state index contributed by atoms with van der Waals surface area (Å²) in [6, 6.07) is 17.3. The number of halogens is 1. The highest BCUT2D eigenvalue weighted by Gasteiger charge is 2.54. The van der Waals surface area contributed by atoms with Crippen LogP contribution >= 0.6 is 11.6 Å². The van der Waals surface area contributed by atoms with Crippen molar-refractivity contribution in [1.29, 1.82) is 0 Å². The molecule has 16 heavy (non-hydrogen) atoms. The zero-order valence-corrected chi connectivity index (χ0v) is 9.48. The van der Waals surface area contributed by atoms with E-state index in [-0.39, 0.29) is 0 Å². The molecule has 2 unspecified atom stereocenters. The number of fused-ring (bicyclic) bond motifs is 6. The molecule has 2 aromatic carbocycles. The first-order valence-corrected chi connectivity index (χ1v) is 6.14. The fourth-order valence-electron chi connectivity index (χ4n) is 3.07. The third-order valence-electron chi connectivity index (χ3n) is 3.86. The summed E-state index contributed by atoms with van der Waals surface area (Å²) < 4.78 is 0. The second-order valence-corrected chi connectivity index (χ2v) is 5.17. The highest BCUT2D eigenvalue weighted by molar-refractivity contribution is 6.24. The fraction of sp³-hybridized carbons (Fsp3) is 0.200. The summed E-state index contributed by atoms with van der Waals surface area (Å²) in [4.78, 5) is 0. The molecule has 1 saturated carbocycles. The van der Waals surface area contributed by atoms with Gasteiger partial charge < -0.3 is 0 Å². The molecule has 2 aliphatic rings. The van der Waals surface area contributed by atoms with E-state index in [9.17, 15) is 0 Å². The third-order valence-corrected chi connectivity index (χ3v) is 4.41. The van der Waals surface area contributed by atoms with Crippen molar-refractivity contribution in [3.05, 3.63) is 59.7 Å². The predicted molar refractivity (Wildman–Crippen MR) is 67.0 cm³/mol. The molecule has 0 bridgehead atoms. The number of alkyl halides is 1. The number of rotatable bonds is 0. The van der Waals surface area contributed by atoms with Gasteiger partial charge >= 0.3 is 0 Å². The Bertz CT molecular complexity index is 522.